The number of benzene rings is 2. The molecular formula is C19H24N2O5S3. The van der Waals surface area contributed by atoms with Crippen LogP contribution in [0.15, 0.2) is 64.4 Å². The zero-order valence-electron chi connectivity index (χ0n) is 16.2. The molecule has 1 unspecified atom stereocenters. The molecule has 29 heavy (non-hydrogen) atoms. The average molecular weight is 457 g/mol. The summed E-state index contributed by atoms with van der Waals surface area (Å²) in [5, 5.41) is 2.72. The first-order chi connectivity index (χ1) is 13.6. The van der Waals surface area contributed by atoms with Gasteiger partial charge in [-0.2, -0.15) is 16.5 Å². The number of sulfone groups is 1. The summed E-state index contributed by atoms with van der Waals surface area (Å²) in [7, 11) is -7.11. The predicted molar refractivity (Wildman–Crippen MR) is 115 cm³/mol. The molecule has 2 aromatic rings. The van der Waals surface area contributed by atoms with Gasteiger partial charge in [-0.15, -0.1) is 0 Å². The summed E-state index contributed by atoms with van der Waals surface area (Å²) in [6, 6.07) is 13.1. The summed E-state index contributed by atoms with van der Waals surface area (Å²) >= 11 is 1.52. The predicted octanol–water partition coefficient (Wildman–Crippen LogP) is 1.81. The molecule has 0 aliphatic heterocycles. The molecule has 2 N–H and O–H groups in total. The lowest BCUT2D eigenvalue weighted by molar-refractivity contribution is -0.122. The van der Waals surface area contributed by atoms with E-state index in [1.807, 2.05) is 6.26 Å². The molecule has 1 amide bonds. The minimum absolute atomic E-state index is 0.0957. The van der Waals surface area contributed by atoms with Crippen molar-refractivity contribution in [1.29, 1.82) is 0 Å². The van der Waals surface area contributed by atoms with E-state index in [1.54, 1.807) is 30.3 Å². The first-order valence-electron chi connectivity index (χ1n) is 8.76. The van der Waals surface area contributed by atoms with Crippen LogP contribution in [0.1, 0.15) is 12.0 Å². The van der Waals surface area contributed by atoms with Crippen LogP contribution >= 0.6 is 11.8 Å². The Hall–Kier alpha value is -1.88. The van der Waals surface area contributed by atoms with E-state index in [4.69, 9.17) is 0 Å². The highest BCUT2D eigenvalue weighted by Gasteiger charge is 2.25. The molecule has 0 spiro atoms. The summed E-state index contributed by atoms with van der Waals surface area (Å²) in [5.41, 5.74) is 0.709. The first kappa shape index (κ1) is 23.4. The van der Waals surface area contributed by atoms with Gasteiger partial charge in [-0.25, -0.2) is 16.8 Å². The third-order valence-corrected chi connectivity index (χ3v) is 7.36. The van der Waals surface area contributed by atoms with Crippen LogP contribution < -0.4 is 10.0 Å². The molecule has 158 valence electrons. The number of carbonyl (C=O) groups excluding carboxylic acids is 1. The van der Waals surface area contributed by atoms with Crippen LogP contribution in [0.5, 0.6) is 0 Å². The van der Waals surface area contributed by atoms with Crippen molar-refractivity contribution < 1.29 is 21.6 Å². The van der Waals surface area contributed by atoms with Gasteiger partial charge in [0.05, 0.1) is 9.79 Å². The third kappa shape index (κ3) is 7.14. The maximum atomic E-state index is 12.6. The number of hydrogen-bond acceptors (Lipinski definition) is 6. The molecule has 1 atom stereocenters. The van der Waals surface area contributed by atoms with Crippen molar-refractivity contribution in [1.82, 2.24) is 10.0 Å². The molecule has 0 aliphatic carbocycles. The van der Waals surface area contributed by atoms with Gasteiger partial charge in [-0.05, 0) is 48.3 Å². The number of sulfonamides is 1. The molecule has 0 bridgehead atoms. The van der Waals surface area contributed by atoms with Crippen LogP contribution in [-0.2, 0) is 31.2 Å². The summed E-state index contributed by atoms with van der Waals surface area (Å²) in [4.78, 5) is 12.9. The molecule has 0 heterocycles. The first-order valence-corrected chi connectivity index (χ1v) is 13.5. The highest BCUT2D eigenvalue weighted by Crippen LogP contribution is 2.12. The Morgan fingerprint density at radius 1 is 0.966 bits per heavy atom. The van der Waals surface area contributed by atoms with Crippen molar-refractivity contribution in [2.24, 2.45) is 0 Å². The van der Waals surface area contributed by atoms with Gasteiger partial charge < -0.3 is 5.32 Å². The maximum Gasteiger partial charge on any atom is 0.241 e. The van der Waals surface area contributed by atoms with Gasteiger partial charge in [0.25, 0.3) is 0 Å². The SMILES string of the molecule is CSCCC(NS(=O)(=O)c1ccccc1)C(=O)NCc1ccc(S(C)(=O)=O)cc1. The Labute approximate surface area is 176 Å². The lowest BCUT2D eigenvalue weighted by atomic mass is 10.2. The van der Waals surface area contributed by atoms with Crippen molar-refractivity contribution >= 4 is 37.5 Å². The van der Waals surface area contributed by atoms with Crippen molar-refractivity contribution in [3.05, 3.63) is 60.2 Å². The molecule has 0 aromatic heterocycles. The molecule has 2 aromatic carbocycles. The summed E-state index contributed by atoms with van der Waals surface area (Å²) in [5.74, 6) is 0.170. The Kier molecular flexibility index (Phi) is 8.26. The molecule has 0 saturated carbocycles. The zero-order valence-corrected chi connectivity index (χ0v) is 18.6. The number of rotatable bonds is 10. The second-order valence-corrected chi connectivity index (χ2v) is 11.1. The van der Waals surface area contributed by atoms with Gasteiger partial charge in [0.2, 0.25) is 15.9 Å². The van der Waals surface area contributed by atoms with E-state index < -0.39 is 31.8 Å². The molecule has 0 aliphatic rings. The van der Waals surface area contributed by atoms with Crippen molar-refractivity contribution in [3.8, 4) is 0 Å². The smallest absolute Gasteiger partial charge is 0.241 e. The van der Waals surface area contributed by atoms with E-state index in [2.05, 4.69) is 10.0 Å². The van der Waals surface area contributed by atoms with Gasteiger partial charge in [0.1, 0.15) is 6.04 Å². The molecule has 7 nitrogen and oxygen atoms in total. The van der Waals surface area contributed by atoms with Crippen molar-refractivity contribution in [2.45, 2.75) is 28.8 Å². The van der Waals surface area contributed by atoms with Gasteiger partial charge in [-0.1, -0.05) is 30.3 Å². The molecule has 0 radical (unpaired) electrons. The molecule has 0 saturated heterocycles. The Balaban J connectivity index is 2.07. The summed E-state index contributed by atoms with van der Waals surface area (Å²) in [6.07, 6.45) is 3.34. The van der Waals surface area contributed by atoms with Crippen LogP contribution in [0, 0.1) is 0 Å². The highest BCUT2D eigenvalue weighted by molar-refractivity contribution is 7.98. The lowest BCUT2D eigenvalue weighted by Gasteiger charge is -2.18. The van der Waals surface area contributed by atoms with Crippen LogP contribution in [0.3, 0.4) is 0 Å². The number of nitrogens with one attached hydrogen (secondary N) is 2. The number of thioether (sulfide) groups is 1. The minimum Gasteiger partial charge on any atom is -0.351 e. The van der Waals surface area contributed by atoms with E-state index in [0.29, 0.717) is 17.7 Å². The van der Waals surface area contributed by atoms with Crippen LogP contribution in [0.2, 0.25) is 0 Å². The highest BCUT2D eigenvalue weighted by atomic mass is 32.2. The Morgan fingerprint density at radius 3 is 2.14 bits per heavy atom. The zero-order chi connectivity index (χ0) is 21.5. The largest absolute Gasteiger partial charge is 0.351 e. The molecule has 2 rings (SSSR count). The number of carbonyl (C=O) groups is 1. The van der Waals surface area contributed by atoms with Gasteiger partial charge in [-0.3, -0.25) is 4.79 Å². The second-order valence-electron chi connectivity index (χ2n) is 6.40. The fourth-order valence-corrected chi connectivity index (χ4v) is 4.85. The van der Waals surface area contributed by atoms with Gasteiger partial charge in [0.15, 0.2) is 9.84 Å². The van der Waals surface area contributed by atoms with Gasteiger partial charge >= 0.3 is 0 Å². The van der Waals surface area contributed by atoms with E-state index in [1.165, 1.54) is 36.0 Å². The van der Waals surface area contributed by atoms with E-state index in [9.17, 15) is 21.6 Å². The summed E-state index contributed by atoms with van der Waals surface area (Å²) < 4.78 is 50.6. The molecule has 0 fully saturated rings. The van der Waals surface area contributed by atoms with Crippen molar-refractivity contribution in [2.75, 3.05) is 18.3 Å². The fourth-order valence-electron chi connectivity index (χ4n) is 2.50. The van der Waals surface area contributed by atoms with Crippen LogP contribution in [0.25, 0.3) is 0 Å². The van der Waals surface area contributed by atoms with Crippen molar-refractivity contribution in [3.63, 3.8) is 0 Å². The quantitative estimate of drug-likeness (QED) is 0.564. The maximum absolute atomic E-state index is 12.6. The standard InChI is InChI=1S/C19H24N2O5S3/c1-27-13-12-18(21-29(25,26)17-6-4-3-5-7-17)19(22)20-14-15-8-10-16(11-9-15)28(2,23)24/h3-11,18,21H,12-14H2,1-2H3,(H,20,22). The van der Waals surface area contributed by atoms with E-state index in [0.717, 1.165) is 6.26 Å². The normalized spacial score (nSPS) is 13.0. The lowest BCUT2D eigenvalue weighted by Crippen LogP contribution is -2.46. The van der Waals surface area contributed by atoms with E-state index in [-0.39, 0.29) is 16.3 Å². The Bertz CT molecular complexity index is 1020. The Morgan fingerprint density at radius 2 is 1.59 bits per heavy atom. The summed E-state index contributed by atoms with van der Waals surface area (Å²) in [6.45, 7) is 0.158. The van der Waals surface area contributed by atoms with E-state index >= 15 is 0 Å². The molecule has 10 heteroatoms. The van der Waals surface area contributed by atoms with Crippen LogP contribution in [0.4, 0.5) is 0 Å². The average Bonchev–Trinajstić information content (AvgIpc) is 2.69. The monoisotopic (exact) mass is 456 g/mol. The van der Waals surface area contributed by atoms with Gasteiger partial charge in [0, 0.05) is 12.8 Å². The minimum atomic E-state index is -3.83. The molecular weight excluding hydrogens is 432 g/mol. The third-order valence-electron chi connectivity index (χ3n) is 4.10. The fraction of sp³-hybridized carbons (Fsp3) is 0.316. The topological polar surface area (TPSA) is 109 Å². The number of hydrogen-bond donors (Lipinski definition) is 2. The number of amides is 1. The van der Waals surface area contributed by atoms with Crippen LogP contribution in [-0.4, -0.2) is 47.0 Å². The second kappa shape index (κ2) is 10.2.